The van der Waals surface area contributed by atoms with Crippen LogP contribution in [0.5, 0.6) is 0 Å². The van der Waals surface area contributed by atoms with Crippen molar-refractivity contribution >= 4 is 45.0 Å². The molecular weight excluding hydrogens is 350 g/mol. The summed E-state index contributed by atoms with van der Waals surface area (Å²) in [4.78, 5) is 35.3. The van der Waals surface area contributed by atoms with E-state index >= 15 is 0 Å². The second kappa shape index (κ2) is 6.86. The van der Waals surface area contributed by atoms with Gasteiger partial charge in [-0.2, -0.15) is 0 Å². The first-order valence-corrected chi connectivity index (χ1v) is 7.03. The van der Waals surface area contributed by atoms with E-state index < -0.39 is 17.7 Å². The van der Waals surface area contributed by atoms with E-state index in [9.17, 15) is 14.4 Å². The maximum Gasteiger partial charge on any atom is 0.316 e. The first-order chi connectivity index (χ1) is 10.5. The molecule has 0 atom stereocenters. The molecule has 7 heteroatoms. The van der Waals surface area contributed by atoms with Crippen LogP contribution >= 0.6 is 15.9 Å². The van der Waals surface area contributed by atoms with Crippen LogP contribution in [0.1, 0.15) is 10.4 Å². The van der Waals surface area contributed by atoms with E-state index in [1.807, 2.05) is 5.32 Å². The molecule has 6 nitrogen and oxygen atoms in total. The predicted molar refractivity (Wildman–Crippen MR) is 86.1 cm³/mol. The normalized spacial score (nSPS) is 9.86. The summed E-state index contributed by atoms with van der Waals surface area (Å²) in [5, 5.41) is 4.40. The Morgan fingerprint density at radius 2 is 1.64 bits per heavy atom. The van der Waals surface area contributed by atoms with Gasteiger partial charge < -0.3 is 11.1 Å². The molecule has 0 aliphatic rings. The number of hydrogen-bond acceptors (Lipinski definition) is 4. The molecule has 3 amide bonds. The lowest BCUT2D eigenvalue weighted by atomic mass is 10.2. The summed E-state index contributed by atoms with van der Waals surface area (Å²) in [6.45, 7) is 0. The maximum atomic E-state index is 11.8. The first kappa shape index (κ1) is 15.7. The average molecular weight is 362 g/mol. The molecule has 0 aromatic heterocycles. The van der Waals surface area contributed by atoms with E-state index in [0.29, 0.717) is 11.4 Å². The van der Waals surface area contributed by atoms with Gasteiger partial charge in [0.2, 0.25) is 0 Å². The molecule has 0 heterocycles. The van der Waals surface area contributed by atoms with E-state index in [4.69, 9.17) is 5.73 Å². The van der Waals surface area contributed by atoms with Crippen LogP contribution in [0.3, 0.4) is 0 Å². The molecule has 2 aromatic rings. The quantitative estimate of drug-likeness (QED) is 0.561. The standard InChI is InChI=1S/C15H12BrN3O3/c16-10-2-1-3-12(8-10)18-14(21)15(22)19-13(20)9-4-6-11(17)7-5-9/h1-8H,17H2,(H,18,21)(H,19,20,22). The summed E-state index contributed by atoms with van der Waals surface area (Å²) in [6.07, 6.45) is 0. The Morgan fingerprint density at radius 1 is 0.955 bits per heavy atom. The molecule has 0 saturated heterocycles. The number of amides is 3. The lowest BCUT2D eigenvalue weighted by Crippen LogP contribution is -2.39. The number of carbonyl (C=O) groups excluding carboxylic acids is 3. The summed E-state index contributed by atoms with van der Waals surface area (Å²) in [6, 6.07) is 12.7. The van der Waals surface area contributed by atoms with Crippen molar-refractivity contribution in [2.24, 2.45) is 0 Å². The number of imide groups is 1. The van der Waals surface area contributed by atoms with Crippen LogP contribution in [-0.4, -0.2) is 17.7 Å². The van der Waals surface area contributed by atoms with Gasteiger partial charge in [-0.15, -0.1) is 0 Å². The molecule has 4 N–H and O–H groups in total. The Kier molecular flexibility index (Phi) is 4.90. The summed E-state index contributed by atoms with van der Waals surface area (Å²) < 4.78 is 0.753. The topological polar surface area (TPSA) is 101 Å². The van der Waals surface area contributed by atoms with Crippen LogP contribution in [0.15, 0.2) is 53.0 Å². The molecule has 0 aliphatic heterocycles. The number of benzene rings is 2. The van der Waals surface area contributed by atoms with Crippen molar-refractivity contribution in [2.75, 3.05) is 11.1 Å². The zero-order chi connectivity index (χ0) is 16.1. The minimum absolute atomic E-state index is 0.234. The second-order valence-corrected chi connectivity index (χ2v) is 5.29. The third-order valence-electron chi connectivity index (χ3n) is 2.69. The van der Waals surface area contributed by atoms with E-state index in [-0.39, 0.29) is 5.56 Å². The first-order valence-electron chi connectivity index (χ1n) is 6.23. The van der Waals surface area contributed by atoms with Gasteiger partial charge >= 0.3 is 11.8 Å². The number of nitrogen functional groups attached to an aromatic ring is 1. The van der Waals surface area contributed by atoms with E-state index in [1.165, 1.54) is 24.3 Å². The van der Waals surface area contributed by atoms with E-state index in [1.54, 1.807) is 24.3 Å². The number of nitrogens with two attached hydrogens (primary N) is 1. The molecule has 0 saturated carbocycles. The average Bonchev–Trinajstić information content (AvgIpc) is 2.47. The molecule has 0 spiro atoms. The van der Waals surface area contributed by atoms with Crippen molar-refractivity contribution < 1.29 is 14.4 Å². The molecule has 0 unspecified atom stereocenters. The monoisotopic (exact) mass is 361 g/mol. The van der Waals surface area contributed by atoms with Crippen LogP contribution in [0.4, 0.5) is 11.4 Å². The highest BCUT2D eigenvalue weighted by molar-refractivity contribution is 9.10. The predicted octanol–water partition coefficient (Wildman–Crippen LogP) is 1.93. The zero-order valence-corrected chi connectivity index (χ0v) is 12.9. The second-order valence-electron chi connectivity index (χ2n) is 4.37. The Balaban J connectivity index is 1.98. The molecule has 0 fully saturated rings. The van der Waals surface area contributed by atoms with Crippen LogP contribution in [0.2, 0.25) is 0 Å². The van der Waals surface area contributed by atoms with Gasteiger partial charge in [-0.05, 0) is 42.5 Å². The van der Waals surface area contributed by atoms with Gasteiger partial charge in [-0.25, -0.2) is 0 Å². The number of carbonyl (C=O) groups is 3. The lowest BCUT2D eigenvalue weighted by molar-refractivity contribution is -0.135. The van der Waals surface area contributed by atoms with E-state index in [2.05, 4.69) is 21.2 Å². The van der Waals surface area contributed by atoms with Gasteiger partial charge in [0.15, 0.2) is 0 Å². The third kappa shape index (κ3) is 4.16. The third-order valence-corrected chi connectivity index (χ3v) is 3.18. The van der Waals surface area contributed by atoms with Gasteiger partial charge in [-0.3, -0.25) is 19.7 Å². The smallest absolute Gasteiger partial charge is 0.316 e. The molecule has 0 aliphatic carbocycles. The SMILES string of the molecule is Nc1ccc(C(=O)NC(=O)C(=O)Nc2cccc(Br)c2)cc1. The van der Waals surface area contributed by atoms with E-state index in [0.717, 1.165) is 4.47 Å². The van der Waals surface area contributed by atoms with Crippen LogP contribution in [0.25, 0.3) is 0 Å². The fraction of sp³-hybridized carbons (Fsp3) is 0. The fourth-order valence-electron chi connectivity index (χ4n) is 1.62. The number of rotatable bonds is 2. The molecule has 0 bridgehead atoms. The summed E-state index contributed by atoms with van der Waals surface area (Å²) in [5.41, 5.74) is 6.68. The minimum Gasteiger partial charge on any atom is -0.399 e. The van der Waals surface area contributed by atoms with Gasteiger partial charge in [0.25, 0.3) is 5.91 Å². The summed E-state index contributed by atoms with van der Waals surface area (Å²) >= 11 is 3.25. The molecule has 0 radical (unpaired) electrons. The van der Waals surface area contributed by atoms with Gasteiger partial charge in [0, 0.05) is 21.4 Å². The van der Waals surface area contributed by atoms with Gasteiger partial charge in [-0.1, -0.05) is 22.0 Å². The number of halogens is 1. The highest BCUT2D eigenvalue weighted by Crippen LogP contribution is 2.15. The zero-order valence-electron chi connectivity index (χ0n) is 11.3. The van der Waals surface area contributed by atoms with Crippen molar-refractivity contribution in [2.45, 2.75) is 0 Å². The van der Waals surface area contributed by atoms with Crippen LogP contribution in [-0.2, 0) is 9.59 Å². The molecule has 2 aromatic carbocycles. The summed E-state index contributed by atoms with van der Waals surface area (Å²) in [5.74, 6) is -2.64. The number of anilines is 2. The van der Waals surface area contributed by atoms with Crippen molar-refractivity contribution in [1.82, 2.24) is 5.32 Å². The Hall–Kier alpha value is -2.67. The van der Waals surface area contributed by atoms with Crippen molar-refractivity contribution in [1.29, 1.82) is 0 Å². The number of hydrogen-bond donors (Lipinski definition) is 3. The van der Waals surface area contributed by atoms with Crippen LogP contribution in [0, 0.1) is 0 Å². The highest BCUT2D eigenvalue weighted by atomic mass is 79.9. The lowest BCUT2D eigenvalue weighted by Gasteiger charge is -2.06. The minimum atomic E-state index is -1.04. The van der Waals surface area contributed by atoms with Crippen molar-refractivity contribution in [3.63, 3.8) is 0 Å². The highest BCUT2D eigenvalue weighted by Gasteiger charge is 2.17. The maximum absolute atomic E-state index is 11.8. The largest absolute Gasteiger partial charge is 0.399 e. The Bertz CT molecular complexity index is 729. The van der Waals surface area contributed by atoms with Crippen LogP contribution < -0.4 is 16.4 Å². The molecule has 22 heavy (non-hydrogen) atoms. The van der Waals surface area contributed by atoms with Crippen molar-refractivity contribution in [3.8, 4) is 0 Å². The summed E-state index contributed by atoms with van der Waals surface area (Å²) in [7, 11) is 0. The van der Waals surface area contributed by atoms with Gasteiger partial charge in [0.1, 0.15) is 0 Å². The Morgan fingerprint density at radius 3 is 2.27 bits per heavy atom. The van der Waals surface area contributed by atoms with Crippen molar-refractivity contribution in [3.05, 3.63) is 58.6 Å². The molecule has 2 rings (SSSR count). The molecular formula is C15H12BrN3O3. The fourth-order valence-corrected chi connectivity index (χ4v) is 2.02. The van der Waals surface area contributed by atoms with Gasteiger partial charge in [0.05, 0.1) is 0 Å². The molecule has 112 valence electrons. The number of nitrogens with one attached hydrogen (secondary N) is 2. The Labute approximate surface area is 134 Å².